The lowest BCUT2D eigenvalue weighted by Crippen LogP contribution is -2.54. The van der Waals surface area contributed by atoms with Crippen LogP contribution in [-0.4, -0.2) is 34.7 Å². The lowest BCUT2D eigenvalue weighted by molar-refractivity contribution is -0.175. The number of halogens is 3. The molecule has 2 aromatic rings. The van der Waals surface area contributed by atoms with Crippen LogP contribution in [0.2, 0.25) is 0 Å². The first-order chi connectivity index (χ1) is 13.8. The molecule has 30 heavy (non-hydrogen) atoms. The van der Waals surface area contributed by atoms with Crippen LogP contribution in [-0.2, 0) is 17.6 Å². The van der Waals surface area contributed by atoms with Crippen molar-refractivity contribution in [1.29, 1.82) is 0 Å². The zero-order chi connectivity index (χ0) is 22.3. The normalized spacial score (nSPS) is 24.6. The molecule has 2 aliphatic carbocycles. The summed E-state index contributed by atoms with van der Waals surface area (Å²) in [6.07, 6.45) is -4.25. The highest BCUT2D eigenvalue weighted by atomic mass is 19.4. The third-order valence-corrected chi connectivity index (χ3v) is 5.29. The molecule has 0 aliphatic heterocycles. The summed E-state index contributed by atoms with van der Waals surface area (Å²) >= 11 is 0. The fourth-order valence-electron chi connectivity index (χ4n) is 3.76. The molecule has 0 aromatic heterocycles. The van der Waals surface area contributed by atoms with Gasteiger partial charge in [0.25, 0.3) is 0 Å². The van der Waals surface area contributed by atoms with Gasteiger partial charge in [-0.15, -0.1) is 0 Å². The van der Waals surface area contributed by atoms with Crippen LogP contribution in [0.25, 0.3) is 0 Å². The average molecular weight is 418 g/mol. The van der Waals surface area contributed by atoms with Crippen LogP contribution in [0.1, 0.15) is 45.7 Å². The predicted octanol–water partition coefficient (Wildman–Crippen LogP) is 3.01. The Morgan fingerprint density at radius 2 is 1.37 bits per heavy atom. The van der Waals surface area contributed by atoms with E-state index in [0.29, 0.717) is 17.5 Å². The van der Waals surface area contributed by atoms with E-state index in [9.17, 15) is 27.6 Å². The SMILES string of the molecule is CC1(N)Cc2ccccc2C1=O.CC1(NC(=O)C(F)(F)F)Cc2ccccc2C1=O. The van der Waals surface area contributed by atoms with E-state index in [-0.39, 0.29) is 12.2 Å². The van der Waals surface area contributed by atoms with Crippen LogP contribution in [0.15, 0.2) is 48.5 Å². The van der Waals surface area contributed by atoms with Gasteiger partial charge < -0.3 is 11.1 Å². The number of hydrogen-bond acceptors (Lipinski definition) is 4. The first-order valence-corrected chi connectivity index (χ1v) is 9.29. The lowest BCUT2D eigenvalue weighted by Gasteiger charge is -2.24. The first-order valence-electron chi connectivity index (χ1n) is 9.29. The Hall–Kier alpha value is -3.00. The minimum atomic E-state index is -4.99. The molecule has 0 saturated carbocycles. The maximum Gasteiger partial charge on any atom is 0.471 e. The van der Waals surface area contributed by atoms with Crippen LogP contribution in [0, 0.1) is 0 Å². The van der Waals surface area contributed by atoms with Crippen LogP contribution in [0.4, 0.5) is 13.2 Å². The monoisotopic (exact) mass is 418 g/mol. The molecule has 8 heteroatoms. The third-order valence-electron chi connectivity index (χ3n) is 5.29. The highest BCUT2D eigenvalue weighted by Gasteiger charge is 2.48. The summed E-state index contributed by atoms with van der Waals surface area (Å²) in [4.78, 5) is 34.5. The van der Waals surface area contributed by atoms with Crippen LogP contribution >= 0.6 is 0 Å². The Morgan fingerprint density at radius 1 is 0.900 bits per heavy atom. The second kappa shape index (κ2) is 7.36. The van der Waals surface area contributed by atoms with Gasteiger partial charge in [0, 0.05) is 17.5 Å². The van der Waals surface area contributed by atoms with Crippen molar-refractivity contribution in [2.75, 3.05) is 0 Å². The number of Topliss-reactive ketones (excluding diaryl/α,β-unsaturated/α-hetero) is 2. The van der Waals surface area contributed by atoms with Crippen LogP contribution in [0.3, 0.4) is 0 Å². The molecular weight excluding hydrogens is 397 g/mol. The Balaban J connectivity index is 0.000000184. The van der Waals surface area contributed by atoms with Gasteiger partial charge in [-0.1, -0.05) is 48.5 Å². The zero-order valence-corrected chi connectivity index (χ0v) is 16.5. The van der Waals surface area contributed by atoms with Gasteiger partial charge in [-0.05, 0) is 31.4 Å². The summed E-state index contributed by atoms with van der Waals surface area (Å²) in [7, 11) is 0. The van der Waals surface area contributed by atoms with E-state index >= 15 is 0 Å². The number of alkyl halides is 3. The smallest absolute Gasteiger partial charge is 0.335 e. The number of benzene rings is 2. The molecule has 5 nitrogen and oxygen atoms in total. The Bertz CT molecular complexity index is 1030. The van der Waals surface area contributed by atoms with E-state index in [1.165, 1.54) is 6.92 Å². The molecule has 3 N–H and O–H groups in total. The molecule has 2 aliphatic rings. The van der Waals surface area contributed by atoms with Crippen molar-refractivity contribution < 1.29 is 27.6 Å². The summed E-state index contributed by atoms with van der Waals surface area (Å²) < 4.78 is 36.6. The number of fused-ring (bicyclic) bond motifs is 2. The van der Waals surface area contributed by atoms with Crippen LogP contribution < -0.4 is 11.1 Å². The average Bonchev–Trinajstić information content (AvgIpc) is 3.05. The molecule has 0 saturated heterocycles. The Morgan fingerprint density at radius 3 is 1.83 bits per heavy atom. The molecule has 0 fully saturated rings. The molecule has 0 radical (unpaired) electrons. The molecular formula is C22H21F3N2O3. The number of amides is 1. The number of nitrogens with two attached hydrogens (primary N) is 1. The largest absolute Gasteiger partial charge is 0.471 e. The van der Waals surface area contributed by atoms with Crippen molar-refractivity contribution in [2.45, 2.75) is 43.9 Å². The lowest BCUT2D eigenvalue weighted by atomic mass is 9.97. The van der Waals surface area contributed by atoms with E-state index in [4.69, 9.17) is 5.73 Å². The molecule has 2 aromatic carbocycles. The zero-order valence-electron chi connectivity index (χ0n) is 16.5. The minimum Gasteiger partial charge on any atom is -0.335 e. The van der Waals surface area contributed by atoms with E-state index in [2.05, 4.69) is 0 Å². The maximum atomic E-state index is 12.2. The summed E-state index contributed by atoms with van der Waals surface area (Å²) in [5.74, 6) is -2.51. The van der Waals surface area contributed by atoms with Crippen molar-refractivity contribution in [3.63, 3.8) is 0 Å². The number of hydrogen-bond donors (Lipinski definition) is 2. The maximum absolute atomic E-state index is 12.2. The van der Waals surface area contributed by atoms with E-state index in [0.717, 1.165) is 11.1 Å². The number of nitrogens with one attached hydrogen (secondary N) is 1. The summed E-state index contributed by atoms with van der Waals surface area (Å²) in [6.45, 7) is 3.09. The van der Waals surface area contributed by atoms with Crippen LogP contribution in [0.5, 0.6) is 0 Å². The summed E-state index contributed by atoms with van der Waals surface area (Å²) in [5, 5.41) is 1.78. The molecule has 4 rings (SSSR count). The molecule has 0 heterocycles. The number of carbonyl (C=O) groups is 3. The second-order valence-corrected chi connectivity index (χ2v) is 8.03. The van der Waals surface area contributed by atoms with Gasteiger partial charge in [-0.2, -0.15) is 13.2 Å². The standard InChI is InChI=1S/C12H10F3NO2.C10H11NO/c1-11(16-10(18)12(13,14)15)6-7-4-2-3-5-8(7)9(11)17;1-10(11)6-7-4-2-3-5-8(7)9(10)12/h2-5H,6H2,1H3,(H,16,18);2-5H,6,11H2,1H3. The molecule has 2 atom stereocenters. The van der Waals surface area contributed by atoms with Gasteiger partial charge in [-0.3, -0.25) is 14.4 Å². The van der Waals surface area contributed by atoms with E-state index in [1.54, 1.807) is 36.5 Å². The first kappa shape index (κ1) is 21.7. The summed E-state index contributed by atoms with van der Waals surface area (Å²) in [5.41, 5.74) is 6.51. The van der Waals surface area contributed by atoms with Crippen molar-refractivity contribution in [1.82, 2.24) is 5.32 Å². The van der Waals surface area contributed by atoms with E-state index < -0.39 is 28.9 Å². The molecule has 2 unspecified atom stereocenters. The second-order valence-electron chi connectivity index (χ2n) is 8.03. The minimum absolute atomic E-state index is 0.0677. The highest BCUT2D eigenvalue weighted by Crippen LogP contribution is 2.31. The molecule has 1 amide bonds. The third kappa shape index (κ3) is 4.00. The van der Waals surface area contributed by atoms with Crippen molar-refractivity contribution in [3.05, 3.63) is 70.8 Å². The number of ketones is 2. The van der Waals surface area contributed by atoms with Gasteiger partial charge in [0.05, 0.1) is 5.54 Å². The number of rotatable bonds is 1. The van der Waals surface area contributed by atoms with Gasteiger partial charge in [0.2, 0.25) is 0 Å². The Labute approximate surface area is 171 Å². The van der Waals surface area contributed by atoms with Crippen molar-refractivity contribution in [3.8, 4) is 0 Å². The highest BCUT2D eigenvalue weighted by molar-refractivity contribution is 6.09. The number of carbonyl (C=O) groups excluding carboxylic acids is 3. The van der Waals surface area contributed by atoms with E-state index in [1.807, 2.05) is 24.3 Å². The topological polar surface area (TPSA) is 89.3 Å². The quantitative estimate of drug-likeness (QED) is 0.745. The van der Waals surface area contributed by atoms with Gasteiger partial charge >= 0.3 is 12.1 Å². The fraction of sp³-hybridized carbons (Fsp3) is 0.318. The van der Waals surface area contributed by atoms with Crippen molar-refractivity contribution in [2.24, 2.45) is 5.73 Å². The predicted molar refractivity (Wildman–Crippen MR) is 104 cm³/mol. The fourth-order valence-corrected chi connectivity index (χ4v) is 3.76. The molecule has 0 bridgehead atoms. The van der Waals surface area contributed by atoms with Crippen molar-refractivity contribution >= 4 is 17.5 Å². The Kier molecular flexibility index (Phi) is 5.32. The summed E-state index contributed by atoms with van der Waals surface area (Å²) in [6, 6.07) is 14.2. The molecule has 158 valence electrons. The molecule has 0 spiro atoms. The van der Waals surface area contributed by atoms with Gasteiger partial charge in [0.1, 0.15) is 5.54 Å². The van der Waals surface area contributed by atoms with Gasteiger partial charge in [-0.25, -0.2) is 0 Å². The van der Waals surface area contributed by atoms with Gasteiger partial charge in [0.15, 0.2) is 11.6 Å².